The molecule has 0 saturated carbocycles. The maximum absolute atomic E-state index is 10.2. The lowest BCUT2D eigenvalue weighted by Gasteiger charge is -2.24. The van der Waals surface area contributed by atoms with E-state index in [1.54, 1.807) is 0 Å². The van der Waals surface area contributed by atoms with Crippen molar-refractivity contribution in [1.29, 1.82) is 0 Å². The Hall–Kier alpha value is -0.330. The molecule has 0 rings (SSSR count). The van der Waals surface area contributed by atoms with Gasteiger partial charge in [-0.05, 0) is 24.7 Å². The summed E-state index contributed by atoms with van der Waals surface area (Å²) in [5.74, 6) is 0. The highest BCUT2D eigenvalue weighted by atomic mass is 16.1. The summed E-state index contributed by atoms with van der Waals surface area (Å²) in [7, 11) is 0. The number of aldehydes is 1. The third kappa shape index (κ3) is 13.9. The molecule has 0 aliphatic carbocycles. The summed E-state index contributed by atoms with van der Waals surface area (Å²) in [6.07, 6.45) is 17.9. The van der Waals surface area contributed by atoms with Crippen LogP contribution in [0.25, 0.3) is 0 Å². The normalized spacial score (nSPS) is 11.7. The summed E-state index contributed by atoms with van der Waals surface area (Å²) < 4.78 is 0. The zero-order valence-electron chi connectivity index (χ0n) is 13.7. The van der Waals surface area contributed by atoms with Crippen LogP contribution in [0.1, 0.15) is 104 Å². The van der Waals surface area contributed by atoms with Crippen LogP contribution in [-0.2, 0) is 4.79 Å². The molecule has 0 heterocycles. The third-order valence-corrected chi connectivity index (χ3v) is 4.13. The number of carbonyl (C=O) groups excluding carboxylic acids is 1. The number of unbranched alkanes of at least 4 members (excludes halogenated alkanes) is 9. The first-order valence-corrected chi connectivity index (χ1v) is 8.56. The number of hydrogen-bond acceptors (Lipinski definition) is 1. The van der Waals surface area contributed by atoms with E-state index < -0.39 is 0 Å². The number of hydrogen-bond donors (Lipinski definition) is 0. The number of carbonyl (C=O) groups is 1. The van der Waals surface area contributed by atoms with Crippen molar-refractivity contribution in [2.75, 3.05) is 0 Å². The first-order valence-electron chi connectivity index (χ1n) is 8.56. The van der Waals surface area contributed by atoms with E-state index in [0.29, 0.717) is 5.41 Å². The molecule has 0 amide bonds. The molecule has 0 N–H and O–H groups in total. The fraction of sp³-hybridized carbons (Fsp3) is 0.944. The van der Waals surface area contributed by atoms with Gasteiger partial charge in [0.1, 0.15) is 6.29 Å². The molecule has 0 aromatic heterocycles. The summed E-state index contributed by atoms with van der Waals surface area (Å²) in [4.78, 5) is 10.2. The summed E-state index contributed by atoms with van der Waals surface area (Å²) in [6.45, 7) is 7.14. The summed E-state index contributed by atoms with van der Waals surface area (Å²) >= 11 is 0. The fourth-order valence-electron chi connectivity index (χ4n) is 2.69. The highest BCUT2D eigenvalue weighted by molar-refractivity contribution is 5.48. The van der Waals surface area contributed by atoms with Gasteiger partial charge in [0.15, 0.2) is 0 Å². The highest BCUT2D eigenvalue weighted by Gasteiger charge is 2.16. The lowest BCUT2D eigenvalue weighted by atomic mass is 9.82. The van der Waals surface area contributed by atoms with Crippen LogP contribution >= 0.6 is 0 Å². The maximum atomic E-state index is 10.2. The van der Waals surface area contributed by atoms with Crippen molar-refractivity contribution in [3.63, 3.8) is 0 Å². The lowest BCUT2D eigenvalue weighted by molar-refractivity contribution is -0.107. The van der Waals surface area contributed by atoms with E-state index in [2.05, 4.69) is 20.8 Å². The zero-order chi connectivity index (χ0) is 14.4. The van der Waals surface area contributed by atoms with Crippen LogP contribution in [0.4, 0.5) is 0 Å². The second-order valence-corrected chi connectivity index (χ2v) is 6.80. The molecule has 1 heteroatoms. The van der Waals surface area contributed by atoms with Gasteiger partial charge in [-0.15, -0.1) is 0 Å². The molecule has 114 valence electrons. The fourth-order valence-corrected chi connectivity index (χ4v) is 2.69. The minimum absolute atomic E-state index is 0.537. The Kier molecular flexibility index (Phi) is 12.5. The van der Waals surface area contributed by atoms with Crippen LogP contribution in [0.5, 0.6) is 0 Å². The van der Waals surface area contributed by atoms with Gasteiger partial charge in [0.05, 0.1) is 0 Å². The van der Waals surface area contributed by atoms with Crippen molar-refractivity contribution in [3.05, 3.63) is 0 Å². The van der Waals surface area contributed by atoms with Crippen LogP contribution in [0.3, 0.4) is 0 Å². The molecule has 1 nitrogen and oxygen atoms in total. The van der Waals surface area contributed by atoms with Crippen LogP contribution in [0, 0.1) is 5.41 Å². The summed E-state index contributed by atoms with van der Waals surface area (Å²) in [5, 5.41) is 0. The van der Waals surface area contributed by atoms with Crippen molar-refractivity contribution >= 4 is 6.29 Å². The molecule has 0 spiro atoms. The van der Waals surface area contributed by atoms with E-state index in [1.165, 1.54) is 70.6 Å². The molecule has 0 aromatic carbocycles. The molecule has 0 unspecified atom stereocenters. The van der Waals surface area contributed by atoms with E-state index in [0.717, 1.165) is 19.1 Å². The first-order chi connectivity index (χ1) is 9.12. The van der Waals surface area contributed by atoms with Crippen molar-refractivity contribution in [2.45, 2.75) is 104 Å². The Bertz CT molecular complexity index is 196. The molecular weight excluding hydrogens is 232 g/mol. The van der Waals surface area contributed by atoms with Crippen LogP contribution in [0.2, 0.25) is 0 Å². The Balaban J connectivity index is 3.37. The SMILES string of the molecule is CCCCCCCC(C)(C)CCCCCCCC=O. The molecule has 0 atom stereocenters. The van der Waals surface area contributed by atoms with Crippen molar-refractivity contribution in [1.82, 2.24) is 0 Å². The predicted octanol–water partition coefficient (Wildman–Crippen LogP) is 6.30. The van der Waals surface area contributed by atoms with Gasteiger partial charge in [0, 0.05) is 6.42 Å². The Morgan fingerprint density at radius 1 is 0.737 bits per heavy atom. The monoisotopic (exact) mass is 268 g/mol. The van der Waals surface area contributed by atoms with E-state index in [9.17, 15) is 4.79 Å². The Labute approximate surface area is 121 Å². The Morgan fingerprint density at radius 3 is 1.74 bits per heavy atom. The molecule has 0 aromatic rings. The average molecular weight is 268 g/mol. The van der Waals surface area contributed by atoms with Gasteiger partial charge in [-0.25, -0.2) is 0 Å². The van der Waals surface area contributed by atoms with Crippen molar-refractivity contribution < 1.29 is 4.79 Å². The zero-order valence-corrected chi connectivity index (χ0v) is 13.7. The molecule has 0 aliphatic heterocycles. The average Bonchev–Trinajstić information content (AvgIpc) is 2.37. The summed E-state index contributed by atoms with van der Waals surface area (Å²) in [6, 6.07) is 0. The highest BCUT2D eigenvalue weighted by Crippen LogP contribution is 2.30. The van der Waals surface area contributed by atoms with E-state index in [1.807, 2.05) is 0 Å². The second kappa shape index (κ2) is 12.7. The Morgan fingerprint density at radius 2 is 1.21 bits per heavy atom. The molecular formula is C18H36O. The van der Waals surface area contributed by atoms with Crippen LogP contribution in [-0.4, -0.2) is 6.29 Å². The molecule has 19 heavy (non-hydrogen) atoms. The van der Waals surface area contributed by atoms with Crippen LogP contribution < -0.4 is 0 Å². The van der Waals surface area contributed by atoms with E-state index >= 15 is 0 Å². The lowest BCUT2D eigenvalue weighted by Crippen LogP contribution is -2.11. The standard InChI is InChI=1S/C18H36O/c1-4-5-6-9-12-15-18(2,3)16-13-10-7-8-11-14-17-19/h17H,4-16H2,1-3H3. The second-order valence-electron chi connectivity index (χ2n) is 6.80. The van der Waals surface area contributed by atoms with Crippen molar-refractivity contribution in [2.24, 2.45) is 5.41 Å². The van der Waals surface area contributed by atoms with Gasteiger partial charge < -0.3 is 4.79 Å². The van der Waals surface area contributed by atoms with Gasteiger partial charge in [-0.1, -0.05) is 78.6 Å². The number of rotatable bonds is 14. The molecule has 0 bridgehead atoms. The molecule has 0 aliphatic rings. The summed E-state index contributed by atoms with van der Waals surface area (Å²) in [5.41, 5.74) is 0.537. The smallest absolute Gasteiger partial charge is 0.119 e. The maximum Gasteiger partial charge on any atom is 0.119 e. The van der Waals surface area contributed by atoms with Crippen LogP contribution in [0.15, 0.2) is 0 Å². The minimum Gasteiger partial charge on any atom is -0.303 e. The predicted molar refractivity (Wildman–Crippen MR) is 85.5 cm³/mol. The van der Waals surface area contributed by atoms with Gasteiger partial charge in [-0.2, -0.15) is 0 Å². The van der Waals surface area contributed by atoms with Gasteiger partial charge in [-0.3, -0.25) is 0 Å². The molecule has 0 saturated heterocycles. The largest absolute Gasteiger partial charge is 0.303 e. The van der Waals surface area contributed by atoms with Gasteiger partial charge in [0.25, 0.3) is 0 Å². The minimum atomic E-state index is 0.537. The topological polar surface area (TPSA) is 17.1 Å². The first kappa shape index (κ1) is 18.7. The van der Waals surface area contributed by atoms with E-state index in [-0.39, 0.29) is 0 Å². The third-order valence-electron chi connectivity index (χ3n) is 4.13. The molecule has 0 radical (unpaired) electrons. The van der Waals surface area contributed by atoms with Gasteiger partial charge >= 0.3 is 0 Å². The molecule has 0 fully saturated rings. The van der Waals surface area contributed by atoms with Crippen molar-refractivity contribution in [3.8, 4) is 0 Å². The quantitative estimate of drug-likeness (QED) is 0.267. The van der Waals surface area contributed by atoms with E-state index in [4.69, 9.17) is 0 Å². The van der Waals surface area contributed by atoms with Gasteiger partial charge in [0.2, 0.25) is 0 Å².